The minimum Gasteiger partial charge on any atom is -0.356 e. The fourth-order valence-corrected chi connectivity index (χ4v) is 4.74. The molecule has 0 radical (unpaired) electrons. The predicted octanol–water partition coefficient (Wildman–Crippen LogP) is 5.91. The van der Waals surface area contributed by atoms with Crippen LogP contribution < -0.4 is 10.6 Å². The number of pyridine rings is 2. The van der Waals surface area contributed by atoms with E-state index in [4.69, 9.17) is 5.73 Å². The summed E-state index contributed by atoms with van der Waals surface area (Å²) in [4.78, 5) is 9.59. The molecule has 0 bridgehead atoms. The first-order chi connectivity index (χ1) is 15.8. The Balaban J connectivity index is 0.00000228. The molecule has 2 unspecified atom stereocenters. The van der Waals surface area contributed by atoms with Crippen molar-refractivity contribution in [1.29, 1.82) is 0 Å². The van der Waals surface area contributed by atoms with Gasteiger partial charge >= 0.3 is 12.4 Å². The average Bonchev–Trinajstić information content (AvgIpc) is 3.17. The highest BCUT2D eigenvalue weighted by molar-refractivity contribution is 5.90. The molecule has 190 valence electrons. The summed E-state index contributed by atoms with van der Waals surface area (Å²) >= 11 is 0. The van der Waals surface area contributed by atoms with E-state index in [1.807, 2.05) is 0 Å². The summed E-state index contributed by atoms with van der Waals surface area (Å²) in [6.07, 6.45) is -8.04. The second kappa shape index (κ2) is 8.40. The molecule has 0 saturated carbocycles. The summed E-state index contributed by atoms with van der Waals surface area (Å²) in [7, 11) is 0. The summed E-state index contributed by atoms with van der Waals surface area (Å²) < 4.78 is 84.4. The number of fused-ring (bicyclic) bond motifs is 1. The van der Waals surface area contributed by atoms with Crippen LogP contribution >= 0.6 is 0 Å². The molecule has 0 amide bonds. The lowest BCUT2D eigenvalue weighted by Gasteiger charge is -2.49. The molecule has 0 aromatic carbocycles. The zero-order valence-electron chi connectivity index (χ0n) is 18.5. The van der Waals surface area contributed by atoms with Crippen LogP contribution in [0.3, 0.4) is 0 Å². The minimum absolute atomic E-state index is 0. The molecule has 3 N–H and O–H groups in total. The van der Waals surface area contributed by atoms with Crippen LogP contribution in [0.2, 0.25) is 0 Å². The summed E-state index contributed by atoms with van der Waals surface area (Å²) in [5.41, 5.74) is 2.53. The summed E-state index contributed by atoms with van der Waals surface area (Å²) in [5, 5.41) is 6.81. The van der Waals surface area contributed by atoms with E-state index in [0.717, 1.165) is 12.1 Å². The van der Waals surface area contributed by atoms with Crippen molar-refractivity contribution in [2.75, 3.05) is 18.0 Å². The van der Waals surface area contributed by atoms with Gasteiger partial charge in [0.2, 0.25) is 0 Å². The molecule has 3 aromatic rings. The number of hydrogen-bond acceptors (Lipinski definition) is 5. The zero-order valence-corrected chi connectivity index (χ0v) is 18.5. The topological polar surface area (TPSA) is 83.7 Å². The quantitative estimate of drug-likeness (QED) is 0.443. The van der Waals surface area contributed by atoms with E-state index >= 15 is 0 Å². The Kier molecular flexibility index (Phi) is 5.99. The van der Waals surface area contributed by atoms with Crippen molar-refractivity contribution >= 4 is 16.9 Å². The third kappa shape index (κ3) is 4.19. The van der Waals surface area contributed by atoms with E-state index in [0.29, 0.717) is 5.39 Å². The number of aromatic amines is 1. The molecule has 1 fully saturated rings. The first-order valence-electron chi connectivity index (χ1n) is 10.8. The number of aromatic nitrogens is 4. The molecule has 4 heterocycles. The van der Waals surface area contributed by atoms with Gasteiger partial charge in [0.05, 0.1) is 16.7 Å². The highest BCUT2D eigenvalue weighted by atomic mass is 19.4. The minimum atomic E-state index is -4.74. The largest absolute Gasteiger partial charge is 0.418 e. The van der Waals surface area contributed by atoms with Crippen LogP contribution in [0.1, 0.15) is 36.5 Å². The molecule has 34 heavy (non-hydrogen) atoms. The van der Waals surface area contributed by atoms with Gasteiger partial charge in [-0.15, -0.1) is 0 Å². The third-order valence-electron chi connectivity index (χ3n) is 6.31. The van der Waals surface area contributed by atoms with E-state index in [-0.39, 0.29) is 46.7 Å². The molecule has 6 nitrogen and oxygen atoms in total. The lowest BCUT2D eigenvalue weighted by molar-refractivity contribution is -0.237. The fraction of sp³-hybridized carbons (Fsp3) is 0.500. The van der Waals surface area contributed by atoms with Crippen LogP contribution in [0.5, 0.6) is 0 Å². The van der Waals surface area contributed by atoms with Crippen molar-refractivity contribution in [2.24, 2.45) is 17.1 Å². The zero-order chi connectivity index (χ0) is 24.9. The molecular weight excluding hydrogens is 462 g/mol. The number of nitrogens with two attached hydrogens (primary N) is 1. The molecule has 1 aliphatic heterocycles. The van der Waals surface area contributed by atoms with Crippen molar-refractivity contribution in [3.63, 3.8) is 0 Å². The molecule has 1 saturated heterocycles. The highest BCUT2D eigenvalue weighted by Gasteiger charge is 2.60. The van der Waals surface area contributed by atoms with Gasteiger partial charge in [0.1, 0.15) is 11.5 Å². The van der Waals surface area contributed by atoms with Gasteiger partial charge in [-0.2, -0.15) is 31.4 Å². The Hall–Kier alpha value is -2.89. The van der Waals surface area contributed by atoms with E-state index in [9.17, 15) is 26.3 Å². The molecule has 0 spiro atoms. The number of rotatable bonds is 4. The standard InChI is InChI=1S/C22H24F6N6.3H2/c1-12(2)10-20(22(26,27)28)11-34(9-7-15(20)29)16-6-5-14(21(23,24)25)18(31-16)17-13-4-3-8-30-19(13)33-32-17;;;/h3-6,8,12,15H,7,9-11,29H2,1-2H3,(H,30,32,33);3*1H. The van der Waals surface area contributed by atoms with Gasteiger partial charge in [0, 0.05) is 35.0 Å². The van der Waals surface area contributed by atoms with Crippen molar-refractivity contribution < 1.29 is 30.6 Å². The Bertz CT molecular complexity index is 1190. The number of H-pyrrole nitrogens is 1. The number of nitrogens with one attached hydrogen (secondary N) is 1. The maximum atomic E-state index is 14.3. The number of alkyl halides is 6. The number of halogens is 6. The van der Waals surface area contributed by atoms with Crippen LogP contribution in [0.15, 0.2) is 30.5 Å². The van der Waals surface area contributed by atoms with Crippen molar-refractivity contribution in [3.05, 3.63) is 36.0 Å². The number of nitrogens with zero attached hydrogens (tertiary/aromatic N) is 4. The molecule has 2 atom stereocenters. The molecule has 12 heteroatoms. The van der Waals surface area contributed by atoms with E-state index in [1.54, 1.807) is 26.0 Å². The summed E-state index contributed by atoms with van der Waals surface area (Å²) in [6.45, 7) is 3.02. The molecule has 4 rings (SSSR count). The van der Waals surface area contributed by atoms with Gasteiger partial charge in [-0.3, -0.25) is 5.10 Å². The lowest BCUT2D eigenvalue weighted by atomic mass is 9.70. The van der Waals surface area contributed by atoms with Gasteiger partial charge in [-0.05, 0) is 43.0 Å². The Morgan fingerprint density at radius 2 is 1.94 bits per heavy atom. The number of piperidine rings is 1. The van der Waals surface area contributed by atoms with Crippen molar-refractivity contribution in [1.82, 2.24) is 20.2 Å². The maximum Gasteiger partial charge on any atom is 0.418 e. The van der Waals surface area contributed by atoms with Gasteiger partial charge in [-0.1, -0.05) is 13.8 Å². The monoisotopic (exact) mass is 492 g/mol. The number of anilines is 1. The molecule has 3 aromatic heterocycles. The third-order valence-corrected chi connectivity index (χ3v) is 6.31. The summed E-state index contributed by atoms with van der Waals surface area (Å²) in [6, 6.07) is 3.92. The maximum absolute atomic E-state index is 14.3. The van der Waals surface area contributed by atoms with Crippen LogP contribution in [0, 0.1) is 11.3 Å². The van der Waals surface area contributed by atoms with Crippen LogP contribution in [-0.2, 0) is 6.18 Å². The average molecular weight is 493 g/mol. The smallest absolute Gasteiger partial charge is 0.356 e. The summed E-state index contributed by atoms with van der Waals surface area (Å²) in [5.74, 6) is -0.272. The van der Waals surface area contributed by atoms with Gasteiger partial charge in [0.15, 0.2) is 5.65 Å². The first kappa shape index (κ1) is 24.2. The molecular formula is C22H30F6N6. The van der Waals surface area contributed by atoms with Crippen LogP contribution in [0.25, 0.3) is 22.4 Å². The van der Waals surface area contributed by atoms with Gasteiger partial charge in [-0.25, -0.2) is 9.97 Å². The second-order valence-electron chi connectivity index (χ2n) is 9.11. The SMILES string of the molecule is CC(C)CC1(C(F)(F)F)CN(c2ccc(C(F)(F)F)c(-c3[nH]nc4ncccc34)n2)CCC1N.[HH].[HH].[HH]. The normalized spacial score (nSPS) is 22.1. The van der Waals surface area contributed by atoms with Crippen LogP contribution in [0.4, 0.5) is 32.2 Å². The number of hydrogen-bond donors (Lipinski definition) is 2. The van der Waals surface area contributed by atoms with E-state index in [1.165, 1.54) is 11.1 Å². The molecule has 0 aliphatic carbocycles. The Labute approximate surface area is 196 Å². The van der Waals surface area contributed by atoms with Gasteiger partial charge in [0.25, 0.3) is 0 Å². The van der Waals surface area contributed by atoms with Crippen molar-refractivity contribution in [3.8, 4) is 11.4 Å². The van der Waals surface area contributed by atoms with Crippen LogP contribution in [-0.4, -0.2) is 45.5 Å². The molecule has 1 aliphatic rings. The fourth-order valence-electron chi connectivity index (χ4n) is 4.74. The lowest BCUT2D eigenvalue weighted by Crippen LogP contribution is -2.62. The second-order valence-corrected chi connectivity index (χ2v) is 9.11. The Morgan fingerprint density at radius 1 is 1.21 bits per heavy atom. The van der Waals surface area contributed by atoms with Gasteiger partial charge < -0.3 is 10.6 Å². The van der Waals surface area contributed by atoms with E-state index in [2.05, 4.69) is 20.2 Å². The first-order valence-corrected chi connectivity index (χ1v) is 10.8. The van der Waals surface area contributed by atoms with Crippen molar-refractivity contribution in [2.45, 2.75) is 45.1 Å². The van der Waals surface area contributed by atoms with E-state index < -0.39 is 41.6 Å². The predicted molar refractivity (Wildman–Crippen MR) is 121 cm³/mol. The Morgan fingerprint density at radius 3 is 2.59 bits per heavy atom. The highest BCUT2D eigenvalue weighted by Crippen LogP contribution is 2.49.